The Morgan fingerprint density at radius 3 is 2.62 bits per heavy atom. The van der Waals surface area contributed by atoms with Gasteiger partial charge in [-0.3, -0.25) is 4.68 Å². The molecule has 0 unspecified atom stereocenters. The van der Waals surface area contributed by atoms with Crippen molar-refractivity contribution in [1.29, 1.82) is 0 Å². The zero-order valence-electron chi connectivity index (χ0n) is 16.9. The van der Waals surface area contributed by atoms with E-state index in [-0.39, 0.29) is 19.1 Å². The van der Waals surface area contributed by atoms with Gasteiger partial charge in [-0.2, -0.15) is 13.9 Å². The Morgan fingerprint density at radius 1 is 1.28 bits per heavy atom. The van der Waals surface area contributed by atoms with Gasteiger partial charge in [-0.15, -0.1) is 0 Å². The van der Waals surface area contributed by atoms with Gasteiger partial charge in [0, 0.05) is 43.0 Å². The number of benzene rings is 1. The van der Waals surface area contributed by atoms with Crippen molar-refractivity contribution in [3.05, 3.63) is 34.6 Å². The van der Waals surface area contributed by atoms with E-state index in [1.165, 1.54) is 6.07 Å². The number of ether oxygens (including phenoxy) is 3. The Kier molecular flexibility index (Phi) is 6.40. The molecule has 10 heteroatoms. The number of fused-ring (bicyclic) bond motifs is 1. The highest BCUT2D eigenvalue weighted by Gasteiger charge is 2.20. The minimum absolute atomic E-state index is 0.0165. The summed E-state index contributed by atoms with van der Waals surface area (Å²) in [5, 5.41) is 10.8. The molecule has 2 N–H and O–H groups in total. The van der Waals surface area contributed by atoms with E-state index in [1.807, 2.05) is 32.5 Å². The second-order valence-electron chi connectivity index (χ2n) is 6.51. The summed E-state index contributed by atoms with van der Waals surface area (Å²) in [5.41, 5.74) is 3.56. The topological polar surface area (TPSA) is 81.9 Å². The largest absolute Gasteiger partial charge is 0.454 e. The fourth-order valence-corrected chi connectivity index (χ4v) is 3.05. The molecular formula is C19H25F2N5O3. The van der Waals surface area contributed by atoms with E-state index in [4.69, 9.17) is 9.47 Å². The Hall–Kier alpha value is -3.04. The highest BCUT2D eigenvalue weighted by molar-refractivity contribution is 5.79. The lowest BCUT2D eigenvalue weighted by Crippen LogP contribution is -2.37. The molecule has 0 radical (unpaired) electrons. The Bertz CT molecular complexity index is 898. The van der Waals surface area contributed by atoms with Crippen molar-refractivity contribution in [2.75, 3.05) is 13.3 Å². The molecule has 1 aliphatic heterocycles. The summed E-state index contributed by atoms with van der Waals surface area (Å²) in [7, 11) is 1.90. The first-order valence-corrected chi connectivity index (χ1v) is 9.27. The lowest BCUT2D eigenvalue weighted by molar-refractivity contribution is -0.0505. The summed E-state index contributed by atoms with van der Waals surface area (Å²) < 4.78 is 42.6. The number of aryl methyl sites for hydroxylation is 2. The average Bonchev–Trinajstić information content (AvgIpc) is 3.21. The van der Waals surface area contributed by atoms with Crippen LogP contribution in [0.15, 0.2) is 17.1 Å². The number of aromatic nitrogens is 2. The van der Waals surface area contributed by atoms with Crippen molar-refractivity contribution in [3.63, 3.8) is 0 Å². The number of hydrogen-bond acceptors (Lipinski definition) is 5. The first-order valence-electron chi connectivity index (χ1n) is 9.27. The van der Waals surface area contributed by atoms with Crippen molar-refractivity contribution in [1.82, 2.24) is 20.4 Å². The molecule has 3 rings (SSSR count). The number of nitrogens with zero attached hydrogens (tertiary/aromatic N) is 3. The van der Waals surface area contributed by atoms with E-state index in [2.05, 4.69) is 25.5 Å². The third kappa shape index (κ3) is 4.87. The van der Waals surface area contributed by atoms with Gasteiger partial charge >= 0.3 is 6.61 Å². The van der Waals surface area contributed by atoms with Gasteiger partial charge in [0.05, 0.1) is 12.2 Å². The summed E-state index contributed by atoms with van der Waals surface area (Å²) in [6, 6.07) is 3.02. The highest BCUT2D eigenvalue weighted by atomic mass is 19.3. The zero-order chi connectivity index (χ0) is 21.0. The van der Waals surface area contributed by atoms with Gasteiger partial charge < -0.3 is 24.8 Å². The molecule has 0 amide bonds. The maximum Gasteiger partial charge on any atom is 0.387 e. The quantitative estimate of drug-likeness (QED) is 0.541. The third-order valence-corrected chi connectivity index (χ3v) is 4.61. The van der Waals surface area contributed by atoms with E-state index in [0.29, 0.717) is 36.1 Å². The van der Waals surface area contributed by atoms with Crippen LogP contribution in [0.4, 0.5) is 8.78 Å². The monoisotopic (exact) mass is 409 g/mol. The molecule has 1 aromatic heterocycles. The fraction of sp³-hybridized carbons (Fsp3) is 0.474. The van der Waals surface area contributed by atoms with Crippen LogP contribution in [0.5, 0.6) is 17.2 Å². The molecule has 158 valence electrons. The van der Waals surface area contributed by atoms with Crippen LogP contribution >= 0.6 is 0 Å². The number of guanidine groups is 1. The van der Waals surface area contributed by atoms with Gasteiger partial charge in [0.2, 0.25) is 6.79 Å². The molecule has 0 saturated carbocycles. The highest BCUT2D eigenvalue weighted by Crippen LogP contribution is 2.39. The molecule has 0 atom stereocenters. The summed E-state index contributed by atoms with van der Waals surface area (Å²) in [6.07, 6.45) is 0. The van der Waals surface area contributed by atoms with Crippen LogP contribution in [-0.2, 0) is 20.1 Å². The van der Waals surface area contributed by atoms with E-state index < -0.39 is 6.61 Å². The van der Waals surface area contributed by atoms with Gasteiger partial charge in [0.1, 0.15) is 5.75 Å². The van der Waals surface area contributed by atoms with E-state index in [1.54, 1.807) is 6.07 Å². The summed E-state index contributed by atoms with van der Waals surface area (Å²) in [4.78, 5) is 4.50. The van der Waals surface area contributed by atoms with Crippen LogP contribution in [0.2, 0.25) is 0 Å². The molecule has 0 aliphatic carbocycles. The second-order valence-corrected chi connectivity index (χ2v) is 6.51. The first-order chi connectivity index (χ1) is 13.9. The molecule has 1 aliphatic rings. The number of aliphatic imine (C=N–C) groups is 1. The van der Waals surface area contributed by atoms with Crippen molar-refractivity contribution in [2.24, 2.45) is 12.0 Å². The van der Waals surface area contributed by atoms with Crippen LogP contribution < -0.4 is 24.8 Å². The first kappa shape index (κ1) is 20.7. The molecule has 29 heavy (non-hydrogen) atoms. The Labute approximate surface area is 167 Å². The van der Waals surface area contributed by atoms with Gasteiger partial charge in [-0.25, -0.2) is 4.99 Å². The minimum atomic E-state index is -2.94. The Balaban J connectivity index is 1.77. The summed E-state index contributed by atoms with van der Waals surface area (Å²) in [6.45, 7) is 4.32. The Morgan fingerprint density at radius 2 is 2.00 bits per heavy atom. The SMILES string of the molecule is CCNC(=NCc1cc2c(cc1OC(F)F)OCO2)NCc1c(C)nn(C)c1C. The molecule has 2 heterocycles. The number of hydrogen-bond donors (Lipinski definition) is 2. The van der Waals surface area contributed by atoms with Crippen molar-refractivity contribution in [3.8, 4) is 17.2 Å². The van der Waals surface area contributed by atoms with E-state index in [0.717, 1.165) is 17.0 Å². The van der Waals surface area contributed by atoms with Gasteiger partial charge in [-0.05, 0) is 26.8 Å². The summed E-state index contributed by atoms with van der Waals surface area (Å²) >= 11 is 0. The van der Waals surface area contributed by atoms with Crippen molar-refractivity contribution >= 4 is 5.96 Å². The smallest absolute Gasteiger partial charge is 0.387 e. The average molecular weight is 409 g/mol. The van der Waals surface area contributed by atoms with Crippen LogP contribution in [-0.4, -0.2) is 35.7 Å². The van der Waals surface area contributed by atoms with Crippen molar-refractivity contribution < 1.29 is 23.0 Å². The van der Waals surface area contributed by atoms with Crippen LogP contribution in [0, 0.1) is 13.8 Å². The third-order valence-electron chi connectivity index (χ3n) is 4.61. The standard InChI is InChI=1S/C19H25F2N5O3/c1-5-22-19(24-9-14-11(2)25-26(4)12(14)3)23-8-13-6-16-17(28-10-27-16)7-15(13)29-18(20)21/h6-7,18H,5,8-10H2,1-4H3,(H2,22,23,24). The van der Waals surface area contributed by atoms with Gasteiger partial charge in [0.25, 0.3) is 0 Å². The predicted octanol–water partition coefficient (Wildman–Crippen LogP) is 2.62. The molecule has 8 nitrogen and oxygen atoms in total. The van der Waals surface area contributed by atoms with Gasteiger partial charge in [0.15, 0.2) is 17.5 Å². The molecule has 0 saturated heterocycles. The number of rotatable bonds is 7. The molecule has 0 spiro atoms. The van der Waals surface area contributed by atoms with Crippen LogP contribution in [0.1, 0.15) is 29.4 Å². The normalized spacial score (nSPS) is 13.1. The van der Waals surface area contributed by atoms with Crippen LogP contribution in [0.3, 0.4) is 0 Å². The zero-order valence-corrected chi connectivity index (χ0v) is 16.9. The number of halogens is 2. The van der Waals surface area contributed by atoms with E-state index in [9.17, 15) is 8.78 Å². The maximum atomic E-state index is 12.8. The molecule has 2 aromatic rings. The number of nitrogens with one attached hydrogen (secondary N) is 2. The molecule has 0 bridgehead atoms. The van der Waals surface area contributed by atoms with Gasteiger partial charge in [-0.1, -0.05) is 0 Å². The predicted molar refractivity (Wildman–Crippen MR) is 104 cm³/mol. The molecule has 1 aromatic carbocycles. The fourth-order valence-electron chi connectivity index (χ4n) is 3.05. The number of alkyl halides is 2. The van der Waals surface area contributed by atoms with E-state index >= 15 is 0 Å². The molecule has 0 fully saturated rings. The summed E-state index contributed by atoms with van der Waals surface area (Å²) in [5.74, 6) is 1.43. The lowest BCUT2D eigenvalue weighted by Gasteiger charge is -2.13. The van der Waals surface area contributed by atoms with Crippen molar-refractivity contribution in [2.45, 2.75) is 40.5 Å². The molecular weight excluding hydrogens is 384 g/mol. The minimum Gasteiger partial charge on any atom is -0.454 e. The second kappa shape index (κ2) is 8.97. The lowest BCUT2D eigenvalue weighted by atomic mass is 10.1. The van der Waals surface area contributed by atoms with Crippen LogP contribution in [0.25, 0.3) is 0 Å². The maximum absolute atomic E-state index is 12.8.